The van der Waals surface area contributed by atoms with Gasteiger partial charge in [-0.2, -0.15) is 21.9 Å². The lowest BCUT2D eigenvalue weighted by atomic mass is 10.3. The number of aryl methyl sites for hydroxylation is 3. The number of thiazole rings is 1. The van der Waals surface area contributed by atoms with Gasteiger partial charge in [-0.3, -0.25) is 9.48 Å². The van der Waals surface area contributed by atoms with Crippen LogP contribution in [0, 0.1) is 12.7 Å². The Morgan fingerprint density at radius 2 is 2.20 bits per heavy atom. The molecule has 1 amide bonds. The smallest absolute Gasteiger partial charge is 0.300 e. The first kappa shape index (κ1) is 17.9. The predicted octanol–water partition coefficient (Wildman–Crippen LogP) is 3.47. The third-order valence-corrected chi connectivity index (χ3v) is 5.49. The van der Waals surface area contributed by atoms with E-state index in [1.807, 2.05) is 24.7 Å². The van der Waals surface area contributed by atoms with Gasteiger partial charge in [0.2, 0.25) is 0 Å². The van der Waals surface area contributed by atoms with E-state index in [1.54, 1.807) is 28.6 Å². The Balaban J connectivity index is 2.08. The van der Waals surface area contributed by atoms with Crippen LogP contribution in [0.3, 0.4) is 0 Å². The minimum atomic E-state index is -0.375. The van der Waals surface area contributed by atoms with E-state index in [0.29, 0.717) is 23.6 Å². The molecule has 3 rings (SSSR count). The quantitative estimate of drug-likeness (QED) is 0.683. The standard InChI is InChI=1S/C17H19FN4OS2/c1-4-22-11(2)9-13(20-22)16(23)19-17-21(7-8-24-3)14-6-5-12(18)10-15(14)25-17/h5-6,9-10H,4,7-8H2,1-3H3. The molecule has 0 aliphatic heterocycles. The summed E-state index contributed by atoms with van der Waals surface area (Å²) in [5.41, 5.74) is 2.15. The topological polar surface area (TPSA) is 52.2 Å². The molecule has 0 aliphatic carbocycles. The number of carbonyl (C=O) groups excluding carboxylic acids is 1. The van der Waals surface area contributed by atoms with Crippen LogP contribution in [0.15, 0.2) is 29.3 Å². The molecule has 0 saturated carbocycles. The summed E-state index contributed by atoms with van der Waals surface area (Å²) in [5, 5.41) is 4.29. The third-order valence-electron chi connectivity index (χ3n) is 3.86. The van der Waals surface area contributed by atoms with Crippen LogP contribution in [0.5, 0.6) is 0 Å². The molecule has 1 aromatic carbocycles. The molecule has 2 aromatic heterocycles. The van der Waals surface area contributed by atoms with Gasteiger partial charge < -0.3 is 4.57 Å². The zero-order valence-corrected chi connectivity index (χ0v) is 16.0. The number of fused-ring (bicyclic) bond motifs is 1. The van der Waals surface area contributed by atoms with Gasteiger partial charge in [-0.25, -0.2) is 4.39 Å². The second-order valence-electron chi connectivity index (χ2n) is 5.54. The third kappa shape index (κ3) is 3.69. The predicted molar refractivity (Wildman–Crippen MR) is 101 cm³/mol. The largest absolute Gasteiger partial charge is 0.316 e. The number of nitrogens with zero attached hydrogens (tertiary/aromatic N) is 4. The number of amides is 1. The van der Waals surface area contributed by atoms with E-state index in [-0.39, 0.29) is 11.7 Å². The zero-order chi connectivity index (χ0) is 18.0. The van der Waals surface area contributed by atoms with Crippen molar-refractivity contribution in [3.05, 3.63) is 46.3 Å². The molecule has 0 bridgehead atoms. The number of carbonyl (C=O) groups is 1. The SMILES string of the molecule is CCn1nc(C(=O)N=c2sc3cc(F)ccc3n2CCSC)cc1C. The van der Waals surface area contributed by atoms with Crippen molar-refractivity contribution in [3.63, 3.8) is 0 Å². The van der Waals surface area contributed by atoms with Gasteiger partial charge >= 0.3 is 0 Å². The second kappa shape index (κ2) is 7.53. The molecule has 5 nitrogen and oxygen atoms in total. The summed E-state index contributed by atoms with van der Waals surface area (Å²) < 4.78 is 18.0. The minimum absolute atomic E-state index is 0.291. The van der Waals surface area contributed by atoms with Crippen molar-refractivity contribution in [1.82, 2.24) is 14.3 Å². The number of hydrogen-bond donors (Lipinski definition) is 0. The van der Waals surface area contributed by atoms with E-state index in [0.717, 1.165) is 21.7 Å². The lowest BCUT2D eigenvalue weighted by Crippen LogP contribution is -2.18. The number of rotatable bonds is 5. The van der Waals surface area contributed by atoms with Crippen molar-refractivity contribution in [2.24, 2.45) is 4.99 Å². The van der Waals surface area contributed by atoms with Crippen LogP contribution < -0.4 is 4.80 Å². The molecular formula is C17H19FN4OS2. The molecule has 0 spiro atoms. The minimum Gasteiger partial charge on any atom is -0.316 e. The molecule has 0 N–H and O–H groups in total. The summed E-state index contributed by atoms with van der Waals surface area (Å²) >= 11 is 3.03. The van der Waals surface area contributed by atoms with Crippen LogP contribution in [0.2, 0.25) is 0 Å². The average Bonchev–Trinajstić information content (AvgIpc) is 3.12. The number of halogens is 1. The zero-order valence-electron chi connectivity index (χ0n) is 14.3. The number of hydrogen-bond acceptors (Lipinski definition) is 4. The molecule has 0 saturated heterocycles. The molecule has 25 heavy (non-hydrogen) atoms. The van der Waals surface area contributed by atoms with Crippen LogP contribution in [0.25, 0.3) is 10.2 Å². The molecule has 3 aromatic rings. The Kier molecular flexibility index (Phi) is 5.39. The lowest BCUT2D eigenvalue weighted by molar-refractivity contribution is 0.0992. The molecule has 0 unspecified atom stereocenters. The molecular weight excluding hydrogens is 359 g/mol. The van der Waals surface area contributed by atoms with Gasteiger partial charge in [0.15, 0.2) is 10.5 Å². The van der Waals surface area contributed by atoms with Crippen molar-refractivity contribution in [1.29, 1.82) is 0 Å². The Morgan fingerprint density at radius 1 is 1.40 bits per heavy atom. The second-order valence-corrected chi connectivity index (χ2v) is 7.54. The van der Waals surface area contributed by atoms with Crippen molar-refractivity contribution >= 4 is 39.2 Å². The van der Waals surface area contributed by atoms with E-state index in [9.17, 15) is 9.18 Å². The molecule has 2 heterocycles. The maximum atomic E-state index is 13.5. The van der Waals surface area contributed by atoms with Gasteiger partial charge in [0.1, 0.15) is 5.82 Å². The number of thioether (sulfide) groups is 1. The van der Waals surface area contributed by atoms with Gasteiger partial charge in [-0.1, -0.05) is 11.3 Å². The highest BCUT2D eigenvalue weighted by atomic mass is 32.2. The maximum absolute atomic E-state index is 13.5. The molecule has 0 atom stereocenters. The Labute approximate surface area is 153 Å². The normalized spacial score (nSPS) is 12.2. The lowest BCUT2D eigenvalue weighted by Gasteiger charge is -2.03. The fourth-order valence-corrected chi connectivity index (χ4v) is 4.05. The summed E-state index contributed by atoms with van der Waals surface area (Å²) in [6, 6.07) is 6.40. The van der Waals surface area contributed by atoms with Crippen LogP contribution in [0.1, 0.15) is 23.1 Å². The number of benzene rings is 1. The van der Waals surface area contributed by atoms with Crippen molar-refractivity contribution in [2.45, 2.75) is 26.9 Å². The van der Waals surface area contributed by atoms with E-state index < -0.39 is 0 Å². The van der Waals surface area contributed by atoms with Crippen molar-refractivity contribution in [2.75, 3.05) is 12.0 Å². The summed E-state index contributed by atoms with van der Waals surface area (Å²) in [7, 11) is 0. The number of aromatic nitrogens is 3. The first-order chi connectivity index (χ1) is 12.0. The van der Waals surface area contributed by atoms with Crippen molar-refractivity contribution in [3.8, 4) is 0 Å². The van der Waals surface area contributed by atoms with Crippen molar-refractivity contribution < 1.29 is 9.18 Å². The summed E-state index contributed by atoms with van der Waals surface area (Å²) in [5.74, 6) is 0.218. The fraction of sp³-hybridized carbons (Fsp3) is 0.353. The Hall–Kier alpha value is -1.93. The molecule has 0 radical (unpaired) electrons. The van der Waals surface area contributed by atoms with Crippen LogP contribution >= 0.6 is 23.1 Å². The van der Waals surface area contributed by atoms with E-state index in [1.165, 1.54) is 23.5 Å². The molecule has 0 aliphatic rings. The van der Waals surface area contributed by atoms with Gasteiger partial charge in [0, 0.05) is 24.5 Å². The highest BCUT2D eigenvalue weighted by Crippen LogP contribution is 2.19. The molecule has 132 valence electrons. The monoisotopic (exact) mass is 378 g/mol. The van der Waals surface area contributed by atoms with Gasteiger partial charge in [-0.15, -0.1) is 0 Å². The first-order valence-electron chi connectivity index (χ1n) is 7.94. The highest BCUT2D eigenvalue weighted by molar-refractivity contribution is 7.98. The van der Waals surface area contributed by atoms with Gasteiger partial charge in [0.05, 0.1) is 10.2 Å². The first-order valence-corrected chi connectivity index (χ1v) is 10.2. The Morgan fingerprint density at radius 3 is 2.88 bits per heavy atom. The van der Waals surface area contributed by atoms with E-state index in [4.69, 9.17) is 0 Å². The van der Waals surface area contributed by atoms with Crippen LogP contribution in [-0.2, 0) is 13.1 Å². The highest BCUT2D eigenvalue weighted by Gasteiger charge is 2.13. The maximum Gasteiger partial charge on any atom is 0.300 e. The van der Waals surface area contributed by atoms with Crippen LogP contribution in [0.4, 0.5) is 4.39 Å². The summed E-state index contributed by atoms with van der Waals surface area (Å²) in [4.78, 5) is 17.4. The molecule has 0 fully saturated rings. The van der Waals surface area contributed by atoms with Gasteiger partial charge in [-0.05, 0) is 44.4 Å². The van der Waals surface area contributed by atoms with Gasteiger partial charge in [0.25, 0.3) is 5.91 Å². The fourth-order valence-electron chi connectivity index (χ4n) is 2.61. The summed E-state index contributed by atoms with van der Waals surface area (Å²) in [6.45, 7) is 5.30. The summed E-state index contributed by atoms with van der Waals surface area (Å²) in [6.07, 6.45) is 2.02. The Bertz CT molecular complexity index is 986. The molecule has 8 heteroatoms. The van der Waals surface area contributed by atoms with Crippen LogP contribution in [-0.4, -0.2) is 32.3 Å². The average molecular weight is 378 g/mol. The van der Waals surface area contributed by atoms with E-state index >= 15 is 0 Å². The van der Waals surface area contributed by atoms with E-state index in [2.05, 4.69) is 10.1 Å².